The van der Waals surface area contributed by atoms with Crippen LogP contribution in [-0.4, -0.2) is 70.0 Å². The Morgan fingerprint density at radius 2 is 1.83 bits per heavy atom. The summed E-state index contributed by atoms with van der Waals surface area (Å²) >= 11 is 0. The van der Waals surface area contributed by atoms with Gasteiger partial charge in [0.15, 0.2) is 5.82 Å². The molecular formula is C25H31F5N10O2. The lowest BCUT2D eigenvalue weighted by Crippen LogP contribution is -2.50. The molecule has 2 aliphatic rings. The summed E-state index contributed by atoms with van der Waals surface area (Å²) in [7, 11) is 0. The van der Waals surface area contributed by atoms with Crippen LogP contribution in [-0.2, 0) is 11.3 Å². The van der Waals surface area contributed by atoms with Gasteiger partial charge >= 0.3 is 0 Å². The van der Waals surface area contributed by atoms with E-state index in [9.17, 15) is 27.2 Å². The van der Waals surface area contributed by atoms with Crippen LogP contribution in [0, 0.1) is 17.8 Å². The molecule has 17 heteroatoms. The van der Waals surface area contributed by atoms with Gasteiger partial charge in [0.05, 0.1) is 6.20 Å². The number of amides is 2. The van der Waals surface area contributed by atoms with Crippen LogP contribution in [0.15, 0.2) is 18.5 Å². The summed E-state index contributed by atoms with van der Waals surface area (Å²) in [6.07, 6.45) is 0.365. The number of carbonyl (C=O) groups is 2. The largest absolute Gasteiger partial charge is 0.339 e. The Morgan fingerprint density at radius 3 is 2.48 bits per heavy atom. The summed E-state index contributed by atoms with van der Waals surface area (Å²) in [5, 5.41) is 24.0. The van der Waals surface area contributed by atoms with Gasteiger partial charge in [-0.15, -0.1) is 10.2 Å². The van der Waals surface area contributed by atoms with Crippen LogP contribution >= 0.6 is 0 Å². The molecule has 0 aliphatic heterocycles. The molecule has 228 valence electrons. The van der Waals surface area contributed by atoms with Crippen LogP contribution in [0.25, 0.3) is 0 Å². The Labute approximate surface area is 237 Å². The third-order valence-electron chi connectivity index (χ3n) is 7.63. The third-order valence-corrected chi connectivity index (χ3v) is 7.63. The summed E-state index contributed by atoms with van der Waals surface area (Å²) in [5.41, 5.74) is -0.150. The summed E-state index contributed by atoms with van der Waals surface area (Å²) < 4.78 is 72.6. The van der Waals surface area contributed by atoms with Crippen LogP contribution in [0.5, 0.6) is 0 Å². The van der Waals surface area contributed by atoms with E-state index in [0.29, 0.717) is 12.8 Å². The molecule has 5 rings (SSSR count). The van der Waals surface area contributed by atoms with Crippen LogP contribution < -0.4 is 10.6 Å². The van der Waals surface area contributed by atoms with Crippen LogP contribution in [0.4, 0.5) is 27.6 Å². The minimum absolute atomic E-state index is 0.0346. The van der Waals surface area contributed by atoms with E-state index in [1.54, 1.807) is 0 Å². The fraction of sp³-hybridized carbons (Fsp3) is 0.640. The first-order valence-corrected chi connectivity index (χ1v) is 13.8. The van der Waals surface area contributed by atoms with Gasteiger partial charge in [-0.25, -0.2) is 22.2 Å². The van der Waals surface area contributed by atoms with E-state index in [1.165, 1.54) is 27.8 Å². The van der Waals surface area contributed by atoms with Crippen molar-refractivity contribution in [3.8, 4) is 0 Å². The Kier molecular flexibility index (Phi) is 8.28. The van der Waals surface area contributed by atoms with E-state index < -0.39 is 67.5 Å². The van der Waals surface area contributed by atoms with Gasteiger partial charge in [-0.2, -0.15) is 9.49 Å². The quantitative estimate of drug-likeness (QED) is 0.322. The van der Waals surface area contributed by atoms with Crippen molar-refractivity contribution in [2.24, 2.45) is 11.8 Å². The van der Waals surface area contributed by atoms with Gasteiger partial charge < -0.3 is 10.6 Å². The highest BCUT2D eigenvalue weighted by atomic mass is 19.3. The van der Waals surface area contributed by atoms with Gasteiger partial charge in [0.25, 0.3) is 18.3 Å². The molecule has 0 spiro atoms. The summed E-state index contributed by atoms with van der Waals surface area (Å²) in [6, 6.07) is -0.707. The van der Waals surface area contributed by atoms with Crippen LogP contribution in [0.3, 0.4) is 0 Å². The first-order chi connectivity index (χ1) is 19.9. The van der Waals surface area contributed by atoms with Crippen molar-refractivity contribution < 1.29 is 31.5 Å². The van der Waals surface area contributed by atoms with Gasteiger partial charge in [0, 0.05) is 25.1 Å². The van der Waals surface area contributed by atoms with Crippen molar-refractivity contribution in [1.29, 1.82) is 0 Å². The molecule has 0 bridgehead atoms. The van der Waals surface area contributed by atoms with Crippen molar-refractivity contribution in [3.05, 3.63) is 35.9 Å². The molecular weight excluding hydrogens is 567 g/mol. The van der Waals surface area contributed by atoms with Crippen molar-refractivity contribution in [2.45, 2.75) is 89.4 Å². The van der Waals surface area contributed by atoms with Crippen LogP contribution in [0.1, 0.15) is 80.8 Å². The number of carbonyl (C=O) groups excluding carboxylic acids is 2. The van der Waals surface area contributed by atoms with E-state index in [-0.39, 0.29) is 42.0 Å². The lowest BCUT2D eigenvalue weighted by molar-refractivity contribution is -0.121. The minimum atomic E-state index is -2.87. The zero-order valence-corrected chi connectivity index (χ0v) is 22.9. The van der Waals surface area contributed by atoms with Gasteiger partial charge in [-0.3, -0.25) is 19.0 Å². The molecule has 0 aromatic carbocycles. The highest BCUT2D eigenvalue weighted by Gasteiger charge is 2.42. The fourth-order valence-electron chi connectivity index (χ4n) is 5.36. The molecule has 2 N–H and O–H groups in total. The Hall–Kier alpha value is -3.92. The number of alkyl halides is 4. The number of halogens is 5. The average Bonchev–Trinajstić information content (AvgIpc) is 3.27. The summed E-state index contributed by atoms with van der Waals surface area (Å²) in [4.78, 5) is 26.7. The zero-order chi connectivity index (χ0) is 30.2. The first-order valence-electron chi connectivity index (χ1n) is 13.8. The Balaban J connectivity index is 1.38. The maximum atomic E-state index is 15.1. The molecule has 2 atom stereocenters. The maximum Gasteiger partial charge on any atom is 0.270 e. The maximum absolute atomic E-state index is 15.1. The van der Waals surface area contributed by atoms with Crippen LogP contribution in [0.2, 0.25) is 0 Å². The Morgan fingerprint density at radius 1 is 1.12 bits per heavy atom. The average molecular weight is 599 g/mol. The van der Waals surface area contributed by atoms with Crippen molar-refractivity contribution in [2.75, 3.05) is 5.32 Å². The predicted molar refractivity (Wildman–Crippen MR) is 136 cm³/mol. The SMILES string of the molecule is CC(C)n1nccc1C(=O)N[C@H](C(=O)Nc1cn(C(c2nnnn2CC(F)F)C2CC2)nc1F)C1CCC(F)(F)CC1. The normalized spacial score (nSPS) is 18.8. The number of aromatic nitrogens is 8. The lowest BCUT2D eigenvalue weighted by atomic mass is 9.81. The second-order valence-electron chi connectivity index (χ2n) is 11.1. The molecule has 1 unspecified atom stereocenters. The third kappa shape index (κ3) is 6.43. The molecule has 2 fully saturated rings. The van der Waals surface area contributed by atoms with E-state index >= 15 is 4.39 Å². The van der Waals surface area contributed by atoms with E-state index in [4.69, 9.17) is 0 Å². The smallest absolute Gasteiger partial charge is 0.270 e. The number of hydrogen-bond donors (Lipinski definition) is 2. The van der Waals surface area contributed by atoms with E-state index in [1.807, 2.05) is 13.8 Å². The van der Waals surface area contributed by atoms with Gasteiger partial charge in [0.1, 0.15) is 30.0 Å². The number of hydrogen-bond acceptors (Lipinski definition) is 7. The summed E-state index contributed by atoms with van der Waals surface area (Å²) in [5.74, 6) is -6.01. The fourth-order valence-corrected chi connectivity index (χ4v) is 5.36. The van der Waals surface area contributed by atoms with E-state index in [0.717, 1.165) is 4.68 Å². The molecule has 12 nitrogen and oxygen atoms in total. The van der Waals surface area contributed by atoms with E-state index in [2.05, 4.69) is 36.4 Å². The summed E-state index contributed by atoms with van der Waals surface area (Å²) in [6.45, 7) is 2.88. The lowest BCUT2D eigenvalue weighted by Gasteiger charge is -2.33. The molecule has 0 saturated heterocycles. The highest BCUT2D eigenvalue weighted by molar-refractivity contribution is 6.00. The number of nitrogens with zero attached hydrogens (tertiary/aromatic N) is 8. The van der Waals surface area contributed by atoms with Crippen molar-refractivity contribution in [3.63, 3.8) is 0 Å². The number of rotatable bonds is 11. The second kappa shape index (κ2) is 11.8. The topological polar surface area (TPSA) is 137 Å². The molecule has 42 heavy (non-hydrogen) atoms. The standard InChI is InChI=1S/C25H31F5N10O2/c1-13(2)40-17(7-10-31-40)23(41)33-19(14-5-8-25(29,30)9-6-14)24(42)32-16-11-38(35-21(16)28)20(15-3-4-15)22-34-36-37-39(22)12-18(26)27/h7,10-11,13-15,18-20H,3-6,8-9,12H2,1-2H3,(H,32,42)(H,33,41)/t19-,20?/m0/s1. The van der Waals surface area contributed by atoms with Crippen molar-refractivity contribution >= 4 is 17.5 Å². The molecule has 3 heterocycles. The molecule has 3 aromatic rings. The highest BCUT2D eigenvalue weighted by Crippen LogP contribution is 2.43. The molecule has 3 aromatic heterocycles. The molecule has 0 radical (unpaired) electrons. The monoisotopic (exact) mass is 598 g/mol. The number of anilines is 1. The molecule has 2 aliphatic carbocycles. The van der Waals surface area contributed by atoms with Crippen molar-refractivity contribution in [1.82, 2.24) is 45.1 Å². The Bertz CT molecular complexity index is 1410. The predicted octanol–water partition coefficient (Wildman–Crippen LogP) is 3.61. The number of nitrogens with one attached hydrogen (secondary N) is 2. The van der Waals surface area contributed by atoms with Gasteiger partial charge in [-0.05, 0) is 67.9 Å². The molecule has 2 amide bonds. The first kappa shape index (κ1) is 29.6. The number of tetrazole rings is 1. The van der Waals surface area contributed by atoms with Gasteiger partial charge in [-0.1, -0.05) is 0 Å². The van der Waals surface area contributed by atoms with Gasteiger partial charge in [0.2, 0.25) is 11.8 Å². The minimum Gasteiger partial charge on any atom is -0.339 e. The second-order valence-corrected chi connectivity index (χ2v) is 11.1. The zero-order valence-electron chi connectivity index (χ0n) is 22.9. The molecule has 2 saturated carbocycles.